The second-order valence-electron chi connectivity index (χ2n) is 3.98. The highest BCUT2D eigenvalue weighted by molar-refractivity contribution is 5.93. The van der Waals surface area contributed by atoms with Gasteiger partial charge >= 0.3 is 0 Å². The molecule has 0 unspecified atom stereocenters. The van der Waals surface area contributed by atoms with Crippen LogP contribution in [-0.4, -0.2) is 29.0 Å². The standard InChI is InChI=1S/C11H19N3O/c1-5-13(4)11(15)10-6-9(12)7-14(10)8(2)3/h6-8H,5,12H2,1-4H3. The number of hydrogen-bond donors (Lipinski definition) is 1. The van der Waals surface area contributed by atoms with Crippen molar-refractivity contribution < 1.29 is 4.79 Å². The predicted octanol–water partition coefficient (Wildman–Crippen LogP) is 1.74. The summed E-state index contributed by atoms with van der Waals surface area (Å²) in [6, 6.07) is 1.97. The molecule has 1 heterocycles. The fourth-order valence-electron chi connectivity index (χ4n) is 1.44. The Balaban J connectivity index is 3.07. The second-order valence-corrected chi connectivity index (χ2v) is 3.98. The smallest absolute Gasteiger partial charge is 0.270 e. The van der Waals surface area contributed by atoms with Gasteiger partial charge in [-0.1, -0.05) is 0 Å². The number of anilines is 1. The lowest BCUT2D eigenvalue weighted by Crippen LogP contribution is -2.28. The summed E-state index contributed by atoms with van der Waals surface area (Å²) in [7, 11) is 1.79. The summed E-state index contributed by atoms with van der Waals surface area (Å²) in [5, 5.41) is 0. The molecule has 0 aliphatic rings. The van der Waals surface area contributed by atoms with E-state index in [1.165, 1.54) is 0 Å². The average molecular weight is 209 g/mol. The number of hydrogen-bond acceptors (Lipinski definition) is 2. The van der Waals surface area contributed by atoms with Crippen molar-refractivity contribution in [2.45, 2.75) is 26.8 Å². The Morgan fingerprint density at radius 2 is 2.20 bits per heavy atom. The molecule has 1 amide bonds. The molecule has 4 nitrogen and oxygen atoms in total. The Morgan fingerprint density at radius 1 is 1.60 bits per heavy atom. The minimum absolute atomic E-state index is 0.0166. The third-order valence-electron chi connectivity index (χ3n) is 2.47. The van der Waals surface area contributed by atoms with Crippen LogP contribution in [0.5, 0.6) is 0 Å². The molecule has 0 saturated heterocycles. The largest absolute Gasteiger partial charge is 0.397 e. The van der Waals surface area contributed by atoms with E-state index < -0.39 is 0 Å². The van der Waals surface area contributed by atoms with Gasteiger partial charge < -0.3 is 15.2 Å². The van der Waals surface area contributed by atoms with Gasteiger partial charge in [-0.2, -0.15) is 0 Å². The third kappa shape index (κ3) is 2.32. The van der Waals surface area contributed by atoms with E-state index in [-0.39, 0.29) is 11.9 Å². The molecule has 0 radical (unpaired) electrons. The molecule has 0 spiro atoms. The van der Waals surface area contributed by atoms with E-state index in [2.05, 4.69) is 0 Å². The van der Waals surface area contributed by atoms with Gasteiger partial charge in [0.1, 0.15) is 5.69 Å². The van der Waals surface area contributed by atoms with E-state index in [1.54, 1.807) is 24.2 Å². The van der Waals surface area contributed by atoms with Gasteiger partial charge in [-0.15, -0.1) is 0 Å². The number of rotatable bonds is 3. The number of nitrogens with two attached hydrogens (primary N) is 1. The summed E-state index contributed by atoms with van der Waals surface area (Å²) >= 11 is 0. The Hall–Kier alpha value is -1.45. The first-order valence-corrected chi connectivity index (χ1v) is 5.20. The lowest BCUT2D eigenvalue weighted by Gasteiger charge is -2.17. The molecule has 1 rings (SSSR count). The van der Waals surface area contributed by atoms with Crippen LogP contribution in [0.2, 0.25) is 0 Å². The summed E-state index contributed by atoms with van der Waals surface area (Å²) in [4.78, 5) is 13.6. The number of carbonyl (C=O) groups is 1. The highest BCUT2D eigenvalue weighted by Crippen LogP contribution is 2.17. The molecule has 4 heteroatoms. The maximum atomic E-state index is 12.0. The molecule has 0 aliphatic heterocycles. The van der Waals surface area contributed by atoms with E-state index in [0.29, 0.717) is 17.9 Å². The van der Waals surface area contributed by atoms with Crippen molar-refractivity contribution in [3.8, 4) is 0 Å². The van der Waals surface area contributed by atoms with Crippen molar-refractivity contribution in [2.75, 3.05) is 19.3 Å². The first-order valence-electron chi connectivity index (χ1n) is 5.20. The summed E-state index contributed by atoms with van der Waals surface area (Å²) in [6.07, 6.45) is 1.81. The molecule has 1 aromatic rings. The average Bonchev–Trinajstić information content (AvgIpc) is 2.58. The van der Waals surface area contributed by atoms with Gasteiger partial charge in [0.2, 0.25) is 0 Å². The maximum absolute atomic E-state index is 12.0. The van der Waals surface area contributed by atoms with Crippen LogP contribution in [0.3, 0.4) is 0 Å². The zero-order valence-corrected chi connectivity index (χ0v) is 9.82. The van der Waals surface area contributed by atoms with Crippen LogP contribution in [0.1, 0.15) is 37.3 Å². The minimum Gasteiger partial charge on any atom is -0.397 e. The normalized spacial score (nSPS) is 10.7. The van der Waals surface area contributed by atoms with Crippen LogP contribution in [0.4, 0.5) is 5.69 Å². The molecular weight excluding hydrogens is 190 g/mol. The maximum Gasteiger partial charge on any atom is 0.270 e. The second kappa shape index (κ2) is 4.38. The molecule has 0 aromatic carbocycles. The van der Waals surface area contributed by atoms with Gasteiger partial charge in [0.25, 0.3) is 5.91 Å². The Labute approximate surface area is 90.7 Å². The van der Waals surface area contributed by atoms with E-state index in [9.17, 15) is 4.79 Å². The minimum atomic E-state index is 0.0166. The van der Waals surface area contributed by atoms with Crippen LogP contribution in [-0.2, 0) is 0 Å². The topological polar surface area (TPSA) is 51.3 Å². The fraction of sp³-hybridized carbons (Fsp3) is 0.545. The van der Waals surface area contributed by atoms with Crippen LogP contribution in [0, 0.1) is 0 Å². The molecule has 0 saturated carbocycles. The van der Waals surface area contributed by atoms with Crippen LogP contribution in [0.15, 0.2) is 12.3 Å². The van der Waals surface area contributed by atoms with Crippen molar-refractivity contribution >= 4 is 11.6 Å². The summed E-state index contributed by atoms with van der Waals surface area (Å²) < 4.78 is 1.91. The van der Waals surface area contributed by atoms with E-state index in [0.717, 1.165) is 0 Å². The first kappa shape index (κ1) is 11.6. The van der Waals surface area contributed by atoms with E-state index in [4.69, 9.17) is 5.73 Å². The van der Waals surface area contributed by atoms with Crippen LogP contribution >= 0.6 is 0 Å². The molecule has 0 fully saturated rings. The third-order valence-corrected chi connectivity index (χ3v) is 2.47. The Morgan fingerprint density at radius 3 is 2.67 bits per heavy atom. The van der Waals surface area contributed by atoms with Crippen molar-refractivity contribution in [1.29, 1.82) is 0 Å². The number of nitrogens with zero attached hydrogens (tertiary/aromatic N) is 2. The van der Waals surface area contributed by atoms with E-state index >= 15 is 0 Å². The number of aromatic nitrogens is 1. The number of carbonyl (C=O) groups excluding carboxylic acids is 1. The lowest BCUT2D eigenvalue weighted by molar-refractivity contribution is 0.0790. The van der Waals surface area contributed by atoms with Gasteiger partial charge in [0, 0.05) is 25.8 Å². The predicted molar refractivity (Wildman–Crippen MR) is 61.9 cm³/mol. The van der Waals surface area contributed by atoms with Crippen molar-refractivity contribution in [2.24, 2.45) is 0 Å². The zero-order chi connectivity index (χ0) is 11.6. The summed E-state index contributed by atoms with van der Waals surface area (Å²) in [5.74, 6) is 0.0166. The van der Waals surface area contributed by atoms with Crippen LogP contribution in [0.25, 0.3) is 0 Å². The monoisotopic (exact) mass is 209 g/mol. The van der Waals surface area contributed by atoms with Gasteiger partial charge in [-0.05, 0) is 26.8 Å². The van der Waals surface area contributed by atoms with E-state index in [1.807, 2.05) is 25.3 Å². The van der Waals surface area contributed by atoms with Crippen molar-refractivity contribution in [3.05, 3.63) is 18.0 Å². The van der Waals surface area contributed by atoms with Gasteiger partial charge in [0.15, 0.2) is 0 Å². The number of amides is 1. The van der Waals surface area contributed by atoms with Crippen molar-refractivity contribution in [3.63, 3.8) is 0 Å². The molecule has 84 valence electrons. The number of nitrogen functional groups attached to an aromatic ring is 1. The molecule has 15 heavy (non-hydrogen) atoms. The van der Waals surface area contributed by atoms with Crippen molar-refractivity contribution in [1.82, 2.24) is 9.47 Å². The molecule has 0 atom stereocenters. The summed E-state index contributed by atoms with van der Waals surface area (Å²) in [5.41, 5.74) is 7.00. The Kier molecular flexibility index (Phi) is 3.39. The molecule has 0 bridgehead atoms. The quantitative estimate of drug-likeness (QED) is 0.824. The summed E-state index contributed by atoms with van der Waals surface area (Å²) in [6.45, 7) is 6.70. The zero-order valence-electron chi connectivity index (χ0n) is 9.82. The molecular formula is C11H19N3O. The fourth-order valence-corrected chi connectivity index (χ4v) is 1.44. The van der Waals surface area contributed by atoms with Gasteiger partial charge in [-0.25, -0.2) is 0 Å². The van der Waals surface area contributed by atoms with Gasteiger partial charge in [0.05, 0.1) is 5.69 Å². The van der Waals surface area contributed by atoms with Crippen LogP contribution < -0.4 is 5.73 Å². The first-order chi connectivity index (χ1) is 6.97. The SMILES string of the molecule is CCN(C)C(=O)c1cc(N)cn1C(C)C. The highest BCUT2D eigenvalue weighted by Gasteiger charge is 2.17. The molecule has 1 aromatic heterocycles. The lowest BCUT2D eigenvalue weighted by atomic mass is 10.3. The molecule has 2 N–H and O–H groups in total. The molecule has 0 aliphatic carbocycles. The van der Waals surface area contributed by atoms with Gasteiger partial charge in [-0.3, -0.25) is 4.79 Å². The highest BCUT2D eigenvalue weighted by atomic mass is 16.2. The Bertz CT molecular complexity index is 355.